The van der Waals surface area contributed by atoms with E-state index in [-0.39, 0.29) is 24.0 Å². The number of nitrogen functional groups attached to an aromatic ring is 1. The van der Waals surface area contributed by atoms with Gasteiger partial charge in [0.05, 0.1) is 24.7 Å². The Morgan fingerprint density at radius 3 is 2.37 bits per heavy atom. The summed E-state index contributed by atoms with van der Waals surface area (Å²) in [5.74, 6) is 2.39. The van der Waals surface area contributed by atoms with E-state index in [4.69, 9.17) is 20.2 Å². The predicted molar refractivity (Wildman–Crippen MR) is 153 cm³/mol. The van der Waals surface area contributed by atoms with Gasteiger partial charge in [-0.3, -0.25) is 4.79 Å². The van der Waals surface area contributed by atoms with E-state index in [9.17, 15) is 9.59 Å². The van der Waals surface area contributed by atoms with Crippen LogP contribution in [0.15, 0.2) is 60.8 Å². The van der Waals surface area contributed by atoms with Crippen molar-refractivity contribution in [1.82, 2.24) is 29.5 Å². The molecule has 0 bridgehead atoms. The summed E-state index contributed by atoms with van der Waals surface area (Å²) in [4.78, 5) is 38.2. The highest BCUT2D eigenvalue weighted by Gasteiger charge is 2.34. The van der Waals surface area contributed by atoms with Gasteiger partial charge in [0, 0.05) is 37.7 Å². The molecule has 11 heteroatoms. The molecule has 0 radical (unpaired) electrons. The van der Waals surface area contributed by atoms with E-state index in [1.165, 1.54) is 7.11 Å². The van der Waals surface area contributed by atoms with E-state index in [0.717, 1.165) is 24.2 Å². The van der Waals surface area contributed by atoms with Crippen LogP contribution in [0.3, 0.4) is 0 Å². The van der Waals surface area contributed by atoms with Gasteiger partial charge in [0.25, 0.3) is 0 Å². The maximum Gasteiger partial charge on any atom is 0.409 e. The number of carbonyl (C=O) groups excluding carboxylic acids is 2. The van der Waals surface area contributed by atoms with Crippen molar-refractivity contribution in [3.8, 4) is 22.9 Å². The first-order valence-electron chi connectivity index (χ1n) is 14.0. The van der Waals surface area contributed by atoms with Crippen molar-refractivity contribution in [2.24, 2.45) is 5.92 Å². The Labute approximate surface area is 237 Å². The summed E-state index contributed by atoms with van der Waals surface area (Å²) < 4.78 is 12.6. The van der Waals surface area contributed by atoms with E-state index in [1.807, 2.05) is 64.2 Å². The molecule has 2 aliphatic heterocycles. The van der Waals surface area contributed by atoms with E-state index in [2.05, 4.69) is 10.1 Å². The quantitative estimate of drug-likeness (QED) is 0.381. The van der Waals surface area contributed by atoms with E-state index < -0.39 is 0 Å². The Morgan fingerprint density at radius 1 is 0.902 bits per heavy atom. The average molecular weight is 556 g/mol. The van der Waals surface area contributed by atoms with Crippen LogP contribution in [0.5, 0.6) is 11.5 Å². The second-order valence-electron chi connectivity index (χ2n) is 10.5. The number of anilines is 1. The van der Waals surface area contributed by atoms with Crippen LogP contribution in [0.4, 0.5) is 10.6 Å². The maximum absolute atomic E-state index is 13.4. The summed E-state index contributed by atoms with van der Waals surface area (Å²) in [6.07, 6.45) is 4.40. The molecular formula is C30H33N7O4. The van der Waals surface area contributed by atoms with Gasteiger partial charge in [0.2, 0.25) is 5.91 Å². The molecule has 4 heterocycles. The molecule has 0 unspecified atom stereocenters. The van der Waals surface area contributed by atoms with Gasteiger partial charge >= 0.3 is 6.09 Å². The SMILES string of the molecule is COC(=O)N1CCC(C(=O)N2CCC[C@@H](n3ncc4c(N)nc(-c5ccc(Oc6ccccc6)cc5)nc43)C2)CC1. The zero-order valence-corrected chi connectivity index (χ0v) is 23.0. The highest BCUT2D eigenvalue weighted by molar-refractivity contribution is 5.87. The average Bonchev–Trinajstić information content (AvgIpc) is 3.46. The van der Waals surface area contributed by atoms with Crippen molar-refractivity contribution < 1.29 is 19.1 Å². The van der Waals surface area contributed by atoms with Gasteiger partial charge in [-0.15, -0.1) is 0 Å². The molecule has 2 fully saturated rings. The molecule has 2 aromatic heterocycles. The molecule has 2 N–H and O–H groups in total. The van der Waals surface area contributed by atoms with Crippen molar-refractivity contribution in [2.45, 2.75) is 31.7 Å². The molecule has 41 heavy (non-hydrogen) atoms. The number of ether oxygens (including phenoxy) is 2. The molecule has 2 amide bonds. The van der Waals surface area contributed by atoms with Crippen LogP contribution in [0.1, 0.15) is 31.7 Å². The lowest BCUT2D eigenvalue weighted by Crippen LogP contribution is -2.47. The minimum atomic E-state index is -0.336. The predicted octanol–water partition coefficient (Wildman–Crippen LogP) is 4.51. The molecule has 0 spiro atoms. The number of benzene rings is 2. The number of rotatable bonds is 5. The number of amides is 2. The third kappa shape index (κ3) is 5.52. The fourth-order valence-electron chi connectivity index (χ4n) is 5.69. The number of carbonyl (C=O) groups is 2. The molecule has 6 rings (SSSR count). The van der Waals surface area contributed by atoms with Crippen LogP contribution in [-0.2, 0) is 9.53 Å². The Balaban J connectivity index is 1.18. The van der Waals surface area contributed by atoms with Crippen LogP contribution >= 0.6 is 0 Å². The molecule has 11 nitrogen and oxygen atoms in total. The largest absolute Gasteiger partial charge is 0.457 e. The van der Waals surface area contributed by atoms with Crippen molar-refractivity contribution in [3.63, 3.8) is 0 Å². The Kier molecular flexibility index (Phi) is 7.41. The highest BCUT2D eigenvalue weighted by atomic mass is 16.5. The lowest BCUT2D eigenvalue weighted by atomic mass is 9.94. The first-order valence-corrected chi connectivity index (χ1v) is 14.0. The van der Waals surface area contributed by atoms with E-state index >= 15 is 0 Å². The highest BCUT2D eigenvalue weighted by Crippen LogP contribution is 2.31. The Bertz CT molecular complexity index is 1530. The zero-order chi connectivity index (χ0) is 28.3. The van der Waals surface area contributed by atoms with E-state index in [1.54, 1.807) is 11.1 Å². The molecule has 2 aromatic carbocycles. The van der Waals surface area contributed by atoms with Crippen LogP contribution in [0, 0.1) is 5.92 Å². The minimum Gasteiger partial charge on any atom is -0.457 e. The number of hydrogen-bond acceptors (Lipinski definition) is 8. The number of piperidine rings is 2. The molecular weight excluding hydrogens is 522 g/mol. The smallest absolute Gasteiger partial charge is 0.409 e. The number of fused-ring (bicyclic) bond motifs is 1. The summed E-state index contributed by atoms with van der Waals surface area (Å²) in [5, 5.41) is 5.33. The number of nitrogens with zero attached hydrogens (tertiary/aromatic N) is 6. The topological polar surface area (TPSA) is 129 Å². The number of likely N-dealkylation sites (tertiary alicyclic amines) is 2. The van der Waals surface area contributed by atoms with Crippen molar-refractivity contribution in [1.29, 1.82) is 0 Å². The van der Waals surface area contributed by atoms with Gasteiger partial charge in [-0.25, -0.2) is 19.4 Å². The normalized spacial score (nSPS) is 17.9. The Hall–Kier alpha value is -4.67. The summed E-state index contributed by atoms with van der Waals surface area (Å²) in [6.45, 7) is 2.33. The third-order valence-corrected chi connectivity index (χ3v) is 7.91. The number of para-hydroxylation sites is 1. The van der Waals surface area contributed by atoms with E-state index in [0.29, 0.717) is 67.4 Å². The van der Waals surface area contributed by atoms with Crippen molar-refractivity contribution in [3.05, 3.63) is 60.8 Å². The van der Waals surface area contributed by atoms with Crippen LogP contribution in [0.25, 0.3) is 22.4 Å². The van der Waals surface area contributed by atoms with Crippen LogP contribution in [-0.4, -0.2) is 74.8 Å². The van der Waals surface area contributed by atoms with Gasteiger partial charge in [-0.05, 0) is 62.1 Å². The summed E-state index contributed by atoms with van der Waals surface area (Å²) in [7, 11) is 1.38. The van der Waals surface area contributed by atoms with Gasteiger partial charge in [-0.1, -0.05) is 18.2 Å². The van der Waals surface area contributed by atoms with Crippen LogP contribution in [0.2, 0.25) is 0 Å². The minimum absolute atomic E-state index is 0.0239. The van der Waals surface area contributed by atoms with Gasteiger partial charge < -0.3 is 25.0 Å². The number of aromatic nitrogens is 4. The second kappa shape index (κ2) is 11.4. The van der Waals surface area contributed by atoms with Crippen molar-refractivity contribution >= 4 is 28.9 Å². The van der Waals surface area contributed by atoms with Gasteiger partial charge in [-0.2, -0.15) is 5.10 Å². The summed E-state index contributed by atoms with van der Waals surface area (Å²) in [6, 6.07) is 17.2. The molecule has 1 atom stereocenters. The lowest BCUT2D eigenvalue weighted by Gasteiger charge is -2.37. The number of methoxy groups -OCH3 is 1. The standard InChI is InChI=1S/C30H33N7O4/c1-40-30(39)35-16-13-21(14-17-35)29(38)36-15-5-6-22(19-36)37-28-25(18-32-37)26(31)33-27(34-28)20-9-11-24(12-10-20)41-23-7-3-2-4-8-23/h2-4,7-12,18,21-22H,5-6,13-17,19H2,1H3,(H2,31,33,34)/t22-/m1/s1. The monoisotopic (exact) mass is 555 g/mol. The van der Waals surface area contributed by atoms with Gasteiger partial charge in [0.1, 0.15) is 17.3 Å². The van der Waals surface area contributed by atoms with Gasteiger partial charge in [0.15, 0.2) is 11.5 Å². The molecule has 212 valence electrons. The number of hydrogen-bond donors (Lipinski definition) is 1. The fourth-order valence-corrected chi connectivity index (χ4v) is 5.69. The zero-order valence-electron chi connectivity index (χ0n) is 23.0. The summed E-state index contributed by atoms with van der Waals surface area (Å²) in [5.41, 5.74) is 7.82. The van der Waals surface area contributed by atoms with Crippen molar-refractivity contribution in [2.75, 3.05) is 39.0 Å². The number of nitrogens with two attached hydrogens (primary N) is 1. The second-order valence-corrected chi connectivity index (χ2v) is 10.5. The third-order valence-electron chi connectivity index (χ3n) is 7.91. The first-order chi connectivity index (χ1) is 20.0. The Morgan fingerprint density at radius 2 is 1.63 bits per heavy atom. The van der Waals surface area contributed by atoms with Crippen LogP contribution < -0.4 is 10.5 Å². The lowest BCUT2D eigenvalue weighted by molar-refractivity contribution is -0.138. The molecule has 2 saturated heterocycles. The maximum atomic E-state index is 13.4. The molecule has 4 aromatic rings. The molecule has 0 aliphatic carbocycles. The molecule has 2 aliphatic rings. The fraction of sp³-hybridized carbons (Fsp3) is 0.367. The summed E-state index contributed by atoms with van der Waals surface area (Å²) >= 11 is 0. The molecule has 0 saturated carbocycles. The first kappa shape index (κ1) is 26.5.